The summed E-state index contributed by atoms with van der Waals surface area (Å²) < 4.78 is 15.3. The fraction of sp³-hybridized carbons (Fsp3) is 0.333. The molecule has 9 nitrogen and oxygen atoms in total. The van der Waals surface area contributed by atoms with E-state index in [0.717, 1.165) is 29.7 Å². The average molecular weight is 445 g/mol. The Morgan fingerprint density at radius 3 is 2.45 bits per heavy atom. The number of esters is 1. The summed E-state index contributed by atoms with van der Waals surface area (Å²) in [6.45, 7) is 1.68. The summed E-state index contributed by atoms with van der Waals surface area (Å²) in [5.74, 6) is -1.33. The van der Waals surface area contributed by atoms with Gasteiger partial charge in [0.2, 0.25) is 0 Å². The van der Waals surface area contributed by atoms with Crippen molar-refractivity contribution in [1.82, 2.24) is 5.43 Å². The first kappa shape index (κ1) is 22.3. The number of nitrogens with one attached hydrogen (secondary N) is 2. The zero-order valence-corrected chi connectivity index (χ0v) is 18.5. The Balaban J connectivity index is 1.70. The highest BCUT2D eigenvalue weighted by atomic mass is 32.1. The summed E-state index contributed by atoms with van der Waals surface area (Å²) >= 11 is 1.29. The predicted molar refractivity (Wildman–Crippen MR) is 116 cm³/mol. The zero-order chi connectivity index (χ0) is 22.5. The van der Waals surface area contributed by atoms with Crippen LogP contribution in [0.1, 0.15) is 39.7 Å². The molecule has 164 valence electrons. The van der Waals surface area contributed by atoms with E-state index in [1.165, 1.54) is 32.7 Å². The van der Waals surface area contributed by atoms with Crippen molar-refractivity contribution in [3.8, 4) is 11.5 Å². The molecule has 0 atom stereocenters. The number of fused-ring (bicyclic) bond motifs is 1. The Bertz CT molecular complexity index is 1060. The number of methoxy groups -OCH3 is 3. The Morgan fingerprint density at radius 2 is 1.77 bits per heavy atom. The van der Waals surface area contributed by atoms with Crippen molar-refractivity contribution >= 4 is 39.8 Å². The summed E-state index contributed by atoms with van der Waals surface area (Å²) in [5.41, 5.74) is 4.59. The normalized spacial score (nSPS) is 12.7. The molecule has 1 aromatic carbocycles. The van der Waals surface area contributed by atoms with Crippen LogP contribution in [0.25, 0.3) is 0 Å². The summed E-state index contributed by atoms with van der Waals surface area (Å²) in [7, 11) is 4.33. The van der Waals surface area contributed by atoms with Gasteiger partial charge in [-0.25, -0.2) is 10.2 Å². The number of ether oxygens (including phenoxy) is 3. The molecule has 1 aromatic heterocycles. The number of amides is 2. The van der Waals surface area contributed by atoms with Gasteiger partial charge in [0.05, 0.1) is 32.6 Å². The van der Waals surface area contributed by atoms with Gasteiger partial charge >= 0.3 is 17.8 Å². The van der Waals surface area contributed by atoms with Crippen LogP contribution in [0.2, 0.25) is 0 Å². The van der Waals surface area contributed by atoms with Crippen molar-refractivity contribution in [2.24, 2.45) is 5.10 Å². The van der Waals surface area contributed by atoms with Crippen molar-refractivity contribution in [1.29, 1.82) is 0 Å². The van der Waals surface area contributed by atoms with Crippen molar-refractivity contribution in [2.45, 2.75) is 26.2 Å². The lowest BCUT2D eigenvalue weighted by Gasteiger charge is -2.09. The number of aryl methyl sites for hydroxylation is 1. The molecule has 2 aromatic rings. The van der Waals surface area contributed by atoms with Gasteiger partial charge in [0, 0.05) is 10.4 Å². The Kier molecular flexibility index (Phi) is 6.91. The van der Waals surface area contributed by atoms with Crippen LogP contribution >= 0.6 is 11.3 Å². The lowest BCUT2D eigenvalue weighted by atomic mass is 10.1. The van der Waals surface area contributed by atoms with E-state index >= 15 is 0 Å². The molecule has 3 rings (SSSR count). The molecule has 0 saturated heterocycles. The van der Waals surface area contributed by atoms with Crippen LogP contribution in [-0.2, 0) is 27.2 Å². The van der Waals surface area contributed by atoms with Crippen LogP contribution < -0.4 is 20.2 Å². The fourth-order valence-electron chi connectivity index (χ4n) is 3.28. The quantitative estimate of drug-likeness (QED) is 0.306. The number of nitrogens with zero attached hydrogens (tertiary/aromatic N) is 1. The van der Waals surface area contributed by atoms with Crippen LogP contribution in [0.3, 0.4) is 0 Å². The SMILES string of the molecule is COC(=O)c1c(NC(=O)C(=O)N/N=C(/C)c2ccc(OC)c(OC)c2)sc2c1CCC2. The van der Waals surface area contributed by atoms with E-state index in [2.05, 4.69) is 15.8 Å². The Morgan fingerprint density at radius 1 is 1.03 bits per heavy atom. The van der Waals surface area contributed by atoms with Gasteiger partial charge in [-0.2, -0.15) is 5.10 Å². The molecule has 0 aliphatic heterocycles. The Hall–Kier alpha value is -3.40. The summed E-state index contributed by atoms with van der Waals surface area (Å²) in [6.07, 6.45) is 2.53. The molecule has 2 amide bonds. The molecule has 0 bridgehead atoms. The molecule has 1 aliphatic rings. The van der Waals surface area contributed by atoms with E-state index < -0.39 is 17.8 Å². The molecule has 31 heavy (non-hydrogen) atoms. The molecular weight excluding hydrogens is 422 g/mol. The van der Waals surface area contributed by atoms with Gasteiger partial charge in [0.25, 0.3) is 0 Å². The molecule has 2 N–H and O–H groups in total. The number of carbonyl (C=O) groups excluding carboxylic acids is 3. The maximum atomic E-state index is 12.4. The van der Waals surface area contributed by atoms with Crippen molar-refractivity contribution in [2.75, 3.05) is 26.6 Å². The van der Waals surface area contributed by atoms with Crippen molar-refractivity contribution in [3.05, 3.63) is 39.8 Å². The number of benzene rings is 1. The summed E-state index contributed by atoms with van der Waals surface area (Å²) in [4.78, 5) is 37.8. The second-order valence-electron chi connectivity index (χ2n) is 6.72. The zero-order valence-electron chi connectivity index (χ0n) is 17.7. The maximum absolute atomic E-state index is 12.4. The monoisotopic (exact) mass is 445 g/mol. The summed E-state index contributed by atoms with van der Waals surface area (Å²) in [5, 5.41) is 6.81. The number of rotatable bonds is 6. The fourth-order valence-corrected chi connectivity index (χ4v) is 4.55. The van der Waals surface area contributed by atoms with Gasteiger partial charge in [-0.1, -0.05) is 0 Å². The number of carbonyl (C=O) groups is 3. The highest BCUT2D eigenvalue weighted by Crippen LogP contribution is 2.39. The third-order valence-corrected chi connectivity index (χ3v) is 6.08. The minimum absolute atomic E-state index is 0.317. The molecule has 0 spiro atoms. The smallest absolute Gasteiger partial charge is 0.341 e. The standard InChI is InChI=1S/C21H23N3O6S/c1-11(12-8-9-14(28-2)15(10-12)29-3)23-24-19(26)18(25)22-20-17(21(27)30-4)13-6-5-7-16(13)31-20/h8-10H,5-7H2,1-4H3,(H,22,25)(H,24,26)/b23-11-. The van der Waals surface area contributed by atoms with E-state index in [9.17, 15) is 14.4 Å². The molecular formula is C21H23N3O6S. The van der Waals surface area contributed by atoms with E-state index in [4.69, 9.17) is 14.2 Å². The molecule has 1 heterocycles. The maximum Gasteiger partial charge on any atom is 0.341 e. The van der Waals surface area contributed by atoms with E-state index in [0.29, 0.717) is 33.3 Å². The summed E-state index contributed by atoms with van der Waals surface area (Å²) in [6, 6.07) is 5.17. The predicted octanol–water partition coefficient (Wildman–Crippen LogP) is 2.52. The van der Waals surface area contributed by atoms with Gasteiger partial charge < -0.3 is 19.5 Å². The Labute approximate surface area is 183 Å². The first-order chi connectivity index (χ1) is 14.9. The van der Waals surface area contributed by atoms with Gasteiger partial charge in [-0.05, 0) is 49.9 Å². The van der Waals surface area contributed by atoms with Gasteiger partial charge in [-0.3, -0.25) is 9.59 Å². The van der Waals surface area contributed by atoms with Gasteiger partial charge in [0.1, 0.15) is 5.00 Å². The lowest BCUT2D eigenvalue weighted by molar-refractivity contribution is -0.136. The first-order valence-corrected chi connectivity index (χ1v) is 10.3. The van der Waals surface area contributed by atoms with Crippen molar-refractivity contribution in [3.63, 3.8) is 0 Å². The number of hydrogen-bond acceptors (Lipinski definition) is 8. The number of hydrogen-bond donors (Lipinski definition) is 2. The highest BCUT2D eigenvalue weighted by Gasteiger charge is 2.29. The highest BCUT2D eigenvalue weighted by molar-refractivity contribution is 7.17. The minimum Gasteiger partial charge on any atom is -0.493 e. The van der Waals surface area contributed by atoms with Gasteiger partial charge in [-0.15, -0.1) is 11.3 Å². The third kappa shape index (κ3) is 4.69. The third-order valence-electron chi connectivity index (χ3n) is 4.87. The lowest BCUT2D eigenvalue weighted by Crippen LogP contribution is -2.33. The largest absolute Gasteiger partial charge is 0.493 e. The average Bonchev–Trinajstić information content (AvgIpc) is 3.36. The van der Waals surface area contributed by atoms with E-state index in [1.807, 2.05) is 0 Å². The molecule has 0 radical (unpaired) electrons. The molecule has 1 aliphatic carbocycles. The van der Waals surface area contributed by atoms with Gasteiger partial charge in [0.15, 0.2) is 11.5 Å². The molecule has 10 heteroatoms. The van der Waals surface area contributed by atoms with Crippen molar-refractivity contribution < 1.29 is 28.6 Å². The number of anilines is 1. The number of hydrazone groups is 1. The first-order valence-electron chi connectivity index (χ1n) is 9.50. The second-order valence-corrected chi connectivity index (χ2v) is 7.82. The molecule has 0 fully saturated rings. The van der Waals surface area contributed by atoms with Crippen LogP contribution in [0.15, 0.2) is 23.3 Å². The van der Waals surface area contributed by atoms with Crippen LogP contribution in [-0.4, -0.2) is 44.8 Å². The second kappa shape index (κ2) is 9.61. The molecule has 0 saturated carbocycles. The van der Waals surface area contributed by atoms with Crippen LogP contribution in [0.5, 0.6) is 11.5 Å². The van der Waals surface area contributed by atoms with E-state index in [-0.39, 0.29) is 0 Å². The number of thiophene rings is 1. The molecule has 0 unspecified atom stereocenters. The topological polar surface area (TPSA) is 115 Å². The van der Waals surface area contributed by atoms with E-state index in [1.54, 1.807) is 25.1 Å². The van der Waals surface area contributed by atoms with Crippen LogP contribution in [0, 0.1) is 0 Å². The van der Waals surface area contributed by atoms with Crippen LogP contribution in [0.4, 0.5) is 5.00 Å². The minimum atomic E-state index is -0.954.